The molecule has 24 heavy (non-hydrogen) atoms. The van der Waals surface area contributed by atoms with Crippen LogP contribution in [0.3, 0.4) is 0 Å². The molecule has 1 rings (SSSR count). The molecule has 0 fully saturated rings. The largest absolute Gasteiger partial charge is 0.416 e. The predicted octanol–water partition coefficient (Wildman–Crippen LogP) is 6.71. The minimum atomic E-state index is -4.66. The van der Waals surface area contributed by atoms with Gasteiger partial charge in [-0.3, -0.25) is 4.36 Å². The van der Waals surface area contributed by atoms with Crippen LogP contribution in [-0.2, 0) is 16.9 Å². The van der Waals surface area contributed by atoms with Gasteiger partial charge >= 0.3 is 6.18 Å². The Labute approximate surface area is 142 Å². The number of hydrogen-bond acceptors (Lipinski definition) is 1. The summed E-state index contributed by atoms with van der Waals surface area (Å²) in [7, 11) is -0.361. The van der Waals surface area contributed by atoms with Crippen LogP contribution in [0.5, 0.6) is 0 Å². The zero-order valence-corrected chi connectivity index (χ0v) is 15.4. The van der Waals surface area contributed by atoms with Crippen molar-refractivity contribution in [2.75, 3.05) is 5.75 Å². The smallest absolute Gasteiger partial charge is 0.256 e. The Balaban J connectivity index is 3.35. The molecule has 0 radical (unpaired) electrons. The van der Waals surface area contributed by atoms with Gasteiger partial charge in [0, 0.05) is 16.1 Å². The van der Waals surface area contributed by atoms with E-state index in [9.17, 15) is 22.0 Å². The van der Waals surface area contributed by atoms with Crippen molar-refractivity contribution in [1.29, 1.82) is 0 Å². The van der Waals surface area contributed by atoms with E-state index >= 15 is 0 Å². The summed E-state index contributed by atoms with van der Waals surface area (Å²) in [6, 6.07) is 2.00. The first-order valence-electron chi connectivity index (χ1n) is 7.78. The predicted molar refractivity (Wildman–Crippen MR) is 89.5 cm³/mol. The van der Waals surface area contributed by atoms with Crippen LogP contribution in [0.15, 0.2) is 22.6 Å². The van der Waals surface area contributed by atoms with Gasteiger partial charge in [-0.15, -0.1) is 0 Å². The molecule has 138 valence electrons. The van der Waals surface area contributed by atoms with E-state index < -0.39 is 29.8 Å². The first kappa shape index (κ1) is 21.1. The molecule has 0 heterocycles. The third kappa shape index (κ3) is 5.83. The molecule has 0 saturated heterocycles. The van der Waals surface area contributed by atoms with Gasteiger partial charge in [-0.25, -0.2) is 8.78 Å². The highest BCUT2D eigenvalue weighted by atomic mass is 32.2. The average Bonchev–Trinajstić information content (AvgIpc) is 2.44. The number of halogens is 5. The second-order valence-electron chi connectivity index (χ2n) is 6.65. The van der Waals surface area contributed by atoms with E-state index in [1.165, 1.54) is 0 Å². The summed E-state index contributed by atoms with van der Waals surface area (Å²) in [5, 5.41) is 0. The minimum absolute atomic E-state index is 0.114. The topological polar surface area (TPSA) is 12.4 Å². The lowest BCUT2D eigenvalue weighted by Crippen LogP contribution is -2.24. The first-order valence-corrected chi connectivity index (χ1v) is 9.13. The van der Waals surface area contributed by atoms with Gasteiger partial charge in [-0.05, 0) is 37.1 Å². The number of nitrogens with zero attached hydrogens (tertiary/aromatic N) is 1. The van der Waals surface area contributed by atoms with Gasteiger partial charge < -0.3 is 0 Å². The zero-order valence-electron chi connectivity index (χ0n) is 14.5. The molecule has 1 aromatic carbocycles. The molecule has 0 N–H and O–H groups in total. The SMILES string of the molecule is CCCS(=NC(C)c1cc(C(F)F)cc(C(F)(F)F)c1)C(C)(C)C. The van der Waals surface area contributed by atoms with E-state index in [0.717, 1.165) is 24.3 Å². The molecule has 0 amide bonds. The minimum Gasteiger partial charge on any atom is -0.256 e. The van der Waals surface area contributed by atoms with Crippen molar-refractivity contribution in [3.63, 3.8) is 0 Å². The van der Waals surface area contributed by atoms with E-state index in [4.69, 9.17) is 0 Å². The lowest BCUT2D eigenvalue weighted by molar-refractivity contribution is -0.137. The number of alkyl halides is 5. The first-order chi connectivity index (χ1) is 10.9. The average molecular weight is 369 g/mol. The van der Waals surface area contributed by atoms with E-state index in [1.54, 1.807) is 6.92 Å². The Bertz CT molecular complexity index is 588. The van der Waals surface area contributed by atoms with Gasteiger partial charge in [-0.2, -0.15) is 13.2 Å². The molecular weight excluding hydrogens is 345 g/mol. The Morgan fingerprint density at radius 3 is 2.00 bits per heavy atom. The van der Waals surface area contributed by atoms with E-state index in [2.05, 4.69) is 4.36 Å². The fourth-order valence-electron chi connectivity index (χ4n) is 2.17. The van der Waals surface area contributed by atoms with Gasteiger partial charge in [0.25, 0.3) is 6.43 Å². The molecule has 2 unspecified atom stereocenters. The lowest BCUT2D eigenvalue weighted by atomic mass is 10.0. The van der Waals surface area contributed by atoms with Crippen molar-refractivity contribution in [1.82, 2.24) is 0 Å². The molecule has 0 spiro atoms. The summed E-state index contributed by atoms with van der Waals surface area (Å²) < 4.78 is 69.4. The Kier molecular flexibility index (Phi) is 6.96. The van der Waals surface area contributed by atoms with E-state index in [0.29, 0.717) is 6.07 Å². The van der Waals surface area contributed by atoms with Gasteiger partial charge in [0.2, 0.25) is 0 Å². The van der Waals surface area contributed by atoms with Crippen molar-refractivity contribution in [2.45, 2.75) is 64.4 Å². The van der Waals surface area contributed by atoms with Crippen LogP contribution in [-0.4, -0.2) is 10.5 Å². The van der Waals surface area contributed by atoms with Crippen LogP contribution < -0.4 is 0 Å². The van der Waals surface area contributed by atoms with Gasteiger partial charge in [0.05, 0.1) is 11.6 Å². The summed E-state index contributed by atoms with van der Waals surface area (Å²) >= 11 is 0. The Morgan fingerprint density at radius 1 is 1.04 bits per heavy atom. The summed E-state index contributed by atoms with van der Waals surface area (Å²) in [4.78, 5) is 0. The molecule has 1 aromatic rings. The maximum absolute atomic E-state index is 13.0. The van der Waals surface area contributed by atoms with Crippen molar-refractivity contribution in [3.05, 3.63) is 34.9 Å². The molecule has 2 atom stereocenters. The van der Waals surface area contributed by atoms with E-state index in [-0.39, 0.29) is 21.0 Å². The standard InChI is InChI=1S/C17H24F5NS/c1-6-7-24(16(3,4)5)23-11(2)12-8-13(15(18)19)10-14(9-12)17(20,21)22/h8-11,15H,6-7H2,1-5H3. The van der Waals surface area contributed by atoms with Crippen molar-refractivity contribution in [3.8, 4) is 0 Å². The quantitative estimate of drug-likeness (QED) is 0.511. The van der Waals surface area contributed by atoms with Crippen LogP contribution in [0, 0.1) is 0 Å². The maximum Gasteiger partial charge on any atom is 0.416 e. The second kappa shape index (κ2) is 7.93. The van der Waals surface area contributed by atoms with Gasteiger partial charge in [0.1, 0.15) is 0 Å². The molecule has 7 heteroatoms. The molecule has 0 saturated carbocycles. The number of hydrogen-bond donors (Lipinski definition) is 0. The molecule has 0 aliphatic rings. The molecule has 1 nitrogen and oxygen atoms in total. The fourth-order valence-corrected chi connectivity index (χ4v) is 4.09. The monoisotopic (exact) mass is 369 g/mol. The van der Waals surface area contributed by atoms with Crippen LogP contribution >= 0.6 is 0 Å². The van der Waals surface area contributed by atoms with Crippen LogP contribution in [0.4, 0.5) is 22.0 Å². The third-order valence-electron chi connectivity index (χ3n) is 3.43. The van der Waals surface area contributed by atoms with Crippen molar-refractivity contribution in [2.24, 2.45) is 4.36 Å². The van der Waals surface area contributed by atoms with Gasteiger partial charge in [0.15, 0.2) is 0 Å². The maximum atomic E-state index is 13.0. The summed E-state index contributed by atoms with van der Waals surface area (Å²) in [5.41, 5.74) is -1.49. The number of benzene rings is 1. The van der Waals surface area contributed by atoms with Crippen molar-refractivity contribution >= 4 is 10.7 Å². The highest BCUT2D eigenvalue weighted by Crippen LogP contribution is 2.35. The Morgan fingerprint density at radius 2 is 1.58 bits per heavy atom. The summed E-state index contributed by atoms with van der Waals surface area (Å²) in [6.45, 7) is 9.76. The Hall–Kier alpha value is -0.980. The van der Waals surface area contributed by atoms with Crippen LogP contribution in [0.25, 0.3) is 0 Å². The van der Waals surface area contributed by atoms with E-state index in [1.807, 2.05) is 27.7 Å². The highest BCUT2D eigenvalue weighted by molar-refractivity contribution is 7.88. The number of rotatable bonds is 5. The molecule has 0 aliphatic carbocycles. The zero-order chi connectivity index (χ0) is 18.7. The fraction of sp³-hybridized carbons (Fsp3) is 0.647. The van der Waals surface area contributed by atoms with Gasteiger partial charge in [-0.1, -0.05) is 38.4 Å². The molecular formula is C17H24F5NS. The highest BCUT2D eigenvalue weighted by Gasteiger charge is 2.32. The lowest BCUT2D eigenvalue weighted by Gasteiger charge is -2.25. The third-order valence-corrected chi connectivity index (χ3v) is 6.21. The van der Waals surface area contributed by atoms with Crippen LogP contribution in [0.2, 0.25) is 0 Å². The molecule has 0 bridgehead atoms. The second-order valence-corrected chi connectivity index (χ2v) is 9.22. The normalized spacial score (nSPS) is 15.8. The summed E-state index contributed by atoms with van der Waals surface area (Å²) in [5.74, 6) is 0.828. The van der Waals surface area contributed by atoms with Crippen molar-refractivity contribution < 1.29 is 22.0 Å². The van der Waals surface area contributed by atoms with Crippen LogP contribution in [0.1, 0.15) is 70.2 Å². The molecule has 0 aromatic heterocycles. The molecule has 0 aliphatic heterocycles. The summed E-state index contributed by atoms with van der Waals surface area (Å²) in [6.07, 6.45) is -6.70.